The Labute approximate surface area is 258 Å². The third-order valence-corrected chi connectivity index (χ3v) is 9.37. The van der Waals surface area contributed by atoms with Crippen LogP contribution in [0.5, 0.6) is 5.88 Å². The maximum absolute atomic E-state index is 13.8. The molecule has 7 rings (SSSR count). The normalized spacial score (nSPS) is 22.3. The van der Waals surface area contributed by atoms with E-state index < -0.39 is 0 Å². The molecule has 0 radical (unpaired) electrons. The molecule has 1 unspecified atom stereocenters. The fraction of sp³-hybridized carbons (Fsp3) is 0.500. The lowest BCUT2D eigenvalue weighted by Gasteiger charge is -2.20. The second-order valence-electron chi connectivity index (χ2n) is 13.2. The molecular weight excluding hydrogens is 552 g/mol. The minimum absolute atomic E-state index is 0.204. The number of anilines is 2. The van der Waals surface area contributed by atoms with Crippen LogP contribution in [0.4, 0.5) is 11.6 Å². The number of benzene rings is 1. The maximum atomic E-state index is 13.8. The molecule has 3 aliphatic rings. The third-order valence-electron chi connectivity index (χ3n) is 9.37. The first-order valence-electron chi connectivity index (χ1n) is 16.0. The molecule has 2 fully saturated rings. The number of nitrogens with one attached hydrogen (secondary N) is 2. The van der Waals surface area contributed by atoms with E-state index in [9.17, 15) is 4.79 Å². The molecule has 2 aliphatic carbocycles. The smallest absolute Gasteiger partial charge is 0.258 e. The van der Waals surface area contributed by atoms with Gasteiger partial charge in [0.05, 0.1) is 35.1 Å². The van der Waals surface area contributed by atoms with E-state index in [1.54, 1.807) is 10.9 Å². The first-order valence-corrected chi connectivity index (χ1v) is 16.0. The summed E-state index contributed by atoms with van der Waals surface area (Å²) in [7, 11) is 6.08. The summed E-state index contributed by atoms with van der Waals surface area (Å²) >= 11 is 0. The number of nitrogens with zero attached hydrogens (tertiary/aromatic N) is 6. The number of hydrogen-bond donors (Lipinski definition) is 2. The van der Waals surface area contributed by atoms with E-state index in [0.717, 1.165) is 60.2 Å². The first-order chi connectivity index (χ1) is 21.3. The van der Waals surface area contributed by atoms with Crippen LogP contribution in [0.3, 0.4) is 0 Å². The molecule has 1 aliphatic heterocycles. The van der Waals surface area contributed by atoms with E-state index >= 15 is 0 Å². The van der Waals surface area contributed by atoms with Gasteiger partial charge in [0.25, 0.3) is 5.91 Å². The molecule has 44 heavy (non-hydrogen) atoms. The standard InChI is InChI=1S/C34H42N8O2/c1-21-14-25-16-29(36-21)28-18-35-41(4)33(28)44-13-5-6-24(23-8-9-23)20-42-31-12-11-27(17-30(31)38-34(42)39-32(25)43)37-26-10-7-22(15-26)19-40(2)3/h11-12,14,16-19,22-24,26,37H,5-10,13,15,20H2,1-4H3/p+1/t22?,24-,26+/m1/s1. The van der Waals surface area contributed by atoms with Crippen LogP contribution >= 0.6 is 0 Å². The zero-order valence-corrected chi connectivity index (χ0v) is 26.2. The van der Waals surface area contributed by atoms with Crippen LogP contribution in [0.15, 0.2) is 36.5 Å². The van der Waals surface area contributed by atoms with Gasteiger partial charge in [0.1, 0.15) is 20.3 Å². The molecule has 0 spiro atoms. The van der Waals surface area contributed by atoms with Gasteiger partial charge in [0.15, 0.2) is 0 Å². The van der Waals surface area contributed by atoms with Crippen molar-refractivity contribution in [3.8, 4) is 17.1 Å². The number of carbonyl (C=O) groups excluding carboxylic acids is 1. The molecule has 0 saturated heterocycles. The van der Waals surface area contributed by atoms with Gasteiger partial charge in [-0.15, -0.1) is 0 Å². The van der Waals surface area contributed by atoms with Crippen molar-refractivity contribution in [2.45, 2.75) is 64.5 Å². The van der Waals surface area contributed by atoms with Gasteiger partial charge in [-0.1, -0.05) is 0 Å². The molecule has 10 nitrogen and oxygen atoms in total. The van der Waals surface area contributed by atoms with Crippen molar-refractivity contribution in [1.82, 2.24) is 24.3 Å². The van der Waals surface area contributed by atoms with E-state index in [-0.39, 0.29) is 5.91 Å². The highest BCUT2D eigenvalue weighted by Gasteiger charge is 2.33. The van der Waals surface area contributed by atoms with Crippen molar-refractivity contribution < 1.29 is 14.1 Å². The second-order valence-corrected chi connectivity index (χ2v) is 13.2. The van der Waals surface area contributed by atoms with Gasteiger partial charge < -0.3 is 14.6 Å². The highest BCUT2D eigenvalue weighted by Crippen LogP contribution is 2.41. The Kier molecular flexibility index (Phi) is 7.60. The Morgan fingerprint density at radius 3 is 2.75 bits per heavy atom. The minimum Gasteiger partial charge on any atom is -0.477 e. The Morgan fingerprint density at radius 2 is 1.93 bits per heavy atom. The van der Waals surface area contributed by atoms with Crippen molar-refractivity contribution in [2.24, 2.45) is 24.8 Å². The van der Waals surface area contributed by atoms with Crippen LogP contribution in [0.1, 0.15) is 61.0 Å². The number of aryl methyl sites for hydroxylation is 2. The van der Waals surface area contributed by atoms with Gasteiger partial charge in [-0.3, -0.25) is 15.1 Å². The van der Waals surface area contributed by atoms with Crippen LogP contribution < -0.4 is 15.4 Å². The zero-order valence-electron chi connectivity index (χ0n) is 26.2. The van der Waals surface area contributed by atoms with Crippen molar-refractivity contribution in [1.29, 1.82) is 0 Å². The summed E-state index contributed by atoms with van der Waals surface area (Å²) in [4.78, 5) is 23.5. The van der Waals surface area contributed by atoms with E-state index in [4.69, 9.17) is 14.7 Å². The number of rotatable bonds is 4. The monoisotopic (exact) mass is 595 g/mol. The van der Waals surface area contributed by atoms with Crippen LogP contribution in [0.25, 0.3) is 22.3 Å². The molecule has 10 heteroatoms. The summed E-state index contributed by atoms with van der Waals surface area (Å²) in [6, 6.07) is 10.6. The highest BCUT2D eigenvalue weighted by molar-refractivity contribution is 6.05. The summed E-state index contributed by atoms with van der Waals surface area (Å²) in [6.07, 6.45) is 12.1. The maximum Gasteiger partial charge on any atom is 0.258 e. The number of carbonyl (C=O) groups is 1. The predicted octanol–water partition coefficient (Wildman–Crippen LogP) is 5.51. The van der Waals surface area contributed by atoms with Gasteiger partial charge >= 0.3 is 0 Å². The van der Waals surface area contributed by atoms with Crippen molar-refractivity contribution in [3.63, 3.8) is 0 Å². The summed E-state index contributed by atoms with van der Waals surface area (Å²) in [5.41, 5.74) is 5.77. The van der Waals surface area contributed by atoms with Gasteiger partial charge in [-0.2, -0.15) is 5.10 Å². The lowest BCUT2D eigenvalue weighted by atomic mass is 9.97. The molecule has 3 aromatic heterocycles. The molecule has 2 bridgehead atoms. The summed E-state index contributed by atoms with van der Waals surface area (Å²) < 4.78 is 12.4. The fourth-order valence-corrected chi connectivity index (χ4v) is 7.12. The summed E-state index contributed by atoms with van der Waals surface area (Å²) in [6.45, 7) is 3.32. The molecule has 2 saturated carbocycles. The first kappa shape index (κ1) is 28.6. The SMILES string of the molecule is Cc1cc2cc(n1)-c1cnn(C)c1OCCC[C@@H](C1CC1)Cn1c(nc3cc(N[C@H]4CCC(C=[N+](C)C)C4)ccc31)NC2=O. The van der Waals surface area contributed by atoms with Gasteiger partial charge in [0, 0.05) is 42.5 Å². The van der Waals surface area contributed by atoms with Crippen molar-refractivity contribution >= 4 is 34.8 Å². The number of pyridine rings is 1. The Hall–Kier alpha value is -4.21. The van der Waals surface area contributed by atoms with E-state index in [1.807, 2.05) is 26.1 Å². The quantitative estimate of drug-likeness (QED) is 0.238. The molecule has 1 aromatic carbocycles. The number of fused-ring (bicyclic) bond motifs is 7. The van der Waals surface area contributed by atoms with Crippen molar-refractivity contribution in [3.05, 3.63) is 47.8 Å². The molecule has 1 amide bonds. The number of aromatic nitrogens is 5. The molecule has 3 atom stereocenters. The second kappa shape index (κ2) is 11.7. The molecule has 2 N–H and O–H groups in total. The number of imidazole rings is 1. The van der Waals surface area contributed by atoms with Crippen LogP contribution in [-0.4, -0.2) is 67.8 Å². The Morgan fingerprint density at radius 1 is 1.07 bits per heavy atom. The molecule has 4 heterocycles. The van der Waals surface area contributed by atoms with Gasteiger partial charge in [-0.05, 0) is 94.0 Å². The van der Waals surface area contributed by atoms with Crippen molar-refractivity contribution in [2.75, 3.05) is 31.3 Å². The Balaban J connectivity index is 1.23. The number of hydrogen-bond acceptors (Lipinski definition) is 6. The zero-order chi connectivity index (χ0) is 30.4. The number of amides is 1. The Bertz CT molecular complexity index is 1730. The molecule has 4 aromatic rings. The van der Waals surface area contributed by atoms with E-state index in [2.05, 4.69) is 63.4 Å². The van der Waals surface area contributed by atoms with Crippen LogP contribution in [0.2, 0.25) is 0 Å². The average Bonchev–Trinajstić information content (AvgIpc) is 3.51. The highest BCUT2D eigenvalue weighted by atomic mass is 16.5. The van der Waals surface area contributed by atoms with Crippen LogP contribution in [0, 0.1) is 24.7 Å². The lowest BCUT2D eigenvalue weighted by molar-refractivity contribution is -0.461. The topological polar surface area (TPSA) is 102 Å². The molecule has 230 valence electrons. The lowest BCUT2D eigenvalue weighted by Crippen LogP contribution is -2.20. The van der Waals surface area contributed by atoms with E-state index in [0.29, 0.717) is 53.5 Å². The largest absolute Gasteiger partial charge is 0.477 e. The third kappa shape index (κ3) is 5.94. The van der Waals surface area contributed by atoms with Gasteiger partial charge in [-0.25, -0.2) is 14.2 Å². The molecular formula is C34H43N8O2+. The van der Waals surface area contributed by atoms with Crippen LogP contribution in [-0.2, 0) is 13.6 Å². The summed E-state index contributed by atoms with van der Waals surface area (Å²) in [5, 5.41) is 11.4. The predicted molar refractivity (Wildman–Crippen MR) is 173 cm³/mol. The van der Waals surface area contributed by atoms with Gasteiger partial charge in [0.2, 0.25) is 11.8 Å². The summed E-state index contributed by atoms with van der Waals surface area (Å²) in [5.74, 6) is 2.85. The minimum atomic E-state index is -0.204. The average molecular weight is 596 g/mol. The van der Waals surface area contributed by atoms with E-state index in [1.165, 1.54) is 19.3 Å². The number of ether oxygens (including phenoxy) is 1. The fourth-order valence-electron chi connectivity index (χ4n) is 7.12.